The summed E-state index contributed by atoms with van der Waals surface area (Å²) in [5, 5.41) is 0. The largest absolute Gasteiger partial charge is 0.339 e. The third-order valence-electron chi connectivity index (χ3n) is 4.38. The number of amides is 1. The smallest absolute Gasteiger partial charge is 0.261 e. The van der Waals surface area contributed by atoms with E-state index >= 15 is 0 Å². The van der Waals surface area contributed by atoms with Gasteiger partial charge in [0.1, 0.15) is 5.82 Å². The minimum absolute atomic E-state index is 0.0357. The van der Waals surface area contributed by atoms with Gasteiger partial charge in [0, 0.05) is 24.3 Å². The Kier molecular flexibility index (Phi) is 5.56. The SMILES string of the molecule is O=C(c1ccc(NS(=O)(=O)c2cccc(F)c2)cc1)N1CCCCCC1. The van der Waals surface area contributed by atoms with Gasteiger partial charge in [-0.25, -0.2) is 12.8 Å². The molecule has 7 heteroatoms. The Balaban J connectivity index is 1.72. The molecule has 138 valence electrons. The van der Waals surface area contributed by atoms with Crippen LogP contribution in [0.15, 0.2) is 53.4 Å². The van der Waals surface area contributed by atoms with E-state index in [2.05, 4.69) is 4.72 Å². The second-order valence-electron chi connectivity index (χ2n) is 6.35. The zero-order valence-corrected chi connectivity index (χ0v) is 15.1. The molecule has 1 aliphatic heterocycles. The summed E-state index contributed by atoms with van der Waals surface area (Å²) in [6, 6.07) is 11.1. The lowest BCUT2D eigenvalue weighted by Gasteiger charge is -2.20. The third kappa shape index (κ3) is 4.40. The van der Waals surface area contributed by atoms with Gasteiger partial charge in [-0.2, -0.15) is 0 Å². The van der Waals surface area contributed by atoms with E-state index in [4.69, 9.17) is 0 Å². The first-order chi connectivity index (χ1) is 12.5. The second-order valence-corrected chi connectivity index (χ2v) is 8.03. The number of hydrogen-bond donors (Lipinski definition) is 1. The molecule has 0 bridgehead atoms. The molecule has 0 atom stereocenters. The molecule has 5 nitrogen and oxygen atoms in total. The highest BCUT2D eigenvalue weighted by molar-refractivity contribution is 7.92. The van der Waals surface area contributed by atoms with Crippen molar-refractivity contribution in [3.63, 3.8) is 0 Å². The molecule has 0 aromatic heterocycles. The highest BCUT2D eigenvalue weighted by Crippen LogP contribution is 2.19. The van der Waals surface area contributed by atoms with Crippen molar-refractivity contribution < 1.29 is 17.6 Å². The van der Waals surface area contributed by atoms with Crippen LogP contribution < -0.4 is 4.72 Å². The van der Waals surface area contributed by atoms with Crippen molar-refractivity contribution in [3.8, 4) is 0 Å². The van der Waals surface area contributed by atoms with Gasteiger partial charge in [-0.15, -0.1) is 0 Å². The Bertz CT molecular complexity index is 874. The fourth-order valence-electron chi connectivity index (χ4n) is 2.99. The van der Waals surface area contributed by atoms with Crippen molar-refractivity contribution >= 4 is 21.6 Å². The van der Waals surface area contributed by atoms with Gasteiger partial charge in [0.15, 0.2) is 0 Å². The molecule has 2 aromatic rings. The van der Waals surface area contributed by atoms with Crippen LogP contribution in [-0.2, 0) is 10.0 Å². The molecule has 1 N–H and O–H groups in total. The van der Waals surface area contributed by atoms with Gasteiger partial charge in [0.05, 0.1) is 4.90 Å². The fourth-order valence-corrected chi connectivity index (χ4v) is 4.08. The van der Waals surface area contributed by atoms with Crippen LogP contribution in [0.2, 0.25) is 0 Å². The minimum Gasteiger partial charge on any atom is -0.339 e. The van der Waals surface area contributed by atoms with E-state index in [1.165, 1.54) is 18.2 Å². The van der Waals surface area contributed by atoms with Gasteiger partial charge in [0.2, 0.25) is 0 Å². The van der Waals surface area contributed by atoms with Crippen molar-refractivity contribution in [1.82, 2.24) is 4.90 Å². The number of carbonyl (C=O) groups is 1. The molecule has 2 aromatic carbocycles. The molecule has 1 aliphatic rings. The quantitative estimate of drug-likeness (QED) is 0.886. The fraction of sp³-hybridized carbons (Fsp3) is 0.316. The van der Waals surface area contributed by atoms with E-state index in [0.717, 1.165) is 44.8 Å². The van der Waals surface area contributed by atoms with Gasteiger partial charge in [0.25, 0.3) is 15.9 Å². The molecular formula is C19H21FN2O3S. The normalized spacial score (nSPS) is 15.3. The van der Waals surface area contributed by atoms with Gasteiger partial charge in [-0.05, 0) is 55.3 Å². The molecule has 0 saturated carbocycles. The predicted octanol–water partition coefficient (Wildman–Crippen LogP) is 3.64. The molecular weight excluding hydrogens is 355 g/mol. The Morgan fingerprint density at radius 3 is 2.23 bits per heavy atom. The maximum Gasteiger partial charge on any atom is 0.261 e. The Hall–Kier alpha value is -2.41. The van der Waals surface area contributed by atoms with Crippen LogP contribution in [-0.4, -0.2) is 32.3 Å². The number of benzene rings is 2. The highest BCUT2D eigenvalue weighted by Gasteiger charge is 2.18. The standard InChI is InChI=1S/C19H21FN2O3S/c20-16-6-5-7-18(14-16)26(24,25)21-17-10-8-15(9-11-17)19(23)22-12-3-1-2-4-13-22/h5-11,14,21H,1-4,12-13H2. The number of nitrogens with one attached hydrogen (secondary N) is 1. The maximum atomic E-state index is 13.2. The number of sulfonamides is 1. The number of likely N-dealkylation sites (tertiary alicyclic amines) is 1. The molecule has 0 aliphatic carbocycles. The van der Waals surface area contributed by atoms with Crippen LogP contribution >= 0.6 is 0 Å². The first-order valence-corrected chi connectivity index (χ1v) is 10.1. The molecule has 0 radical (unpaired) electrons. The molecule has 1 amide bonds. The molecule has 0 spiro atoms. The average molecular weight is 376 g/mol. The van der Waals surface area contributed by atoms with Crippen molar-refractivity contribution in [2.45, 2.75) is 30.6 Å². The lowest BCUT2D eigenvalue weighted by atomic mass is 10.2. The summed E-state index contributed by atoms with van der Waals surface area (Å²) in [7, 11) is -3.88. The predicted molar refractivity (Wildman–Crippen MR) is 98.0 cm³/mol. The first-order valence-electron chi connectivity index (χ1n) is 8.63. The number of hydrogen-bond acceptors (Lipinski definition) is 3. The summed E-state index contributed by atoms with van der Waals surface area (Å²) in [5.74, 6) is -0.655. The number of rotatable bonds is 4. The summed E-state index contributed by atoms with van der Waals surface area (Å²) in [6.45, 7) is 1.51. The van der Waals surface area contributed by atoms with E-state index in [9.17, 15) is 17.6 Å². The molecule has 3 rings (SSSR count). The number of carbonyl (C=O) groups excluding carboxylic acids is 1. The summed E-state index contributed by atoms with van der Waals surface area (Å²) < 4.78 is 40.3. The molecule has 26 heavy (non-hydrogen) atoms. The van der Waals surface area contributed by atoms with E-state index in [1.807, 2.05) is 4.90 Å². The van der Waals surface area contributed by atoms with Gasteiger partial charge >= 0.3 is 0 Å². The lowest BCUT2D eigenvalue weighted by Crippen LogP contribution is -2.31. The van der Waals surface area contributed by atoms with Crippen molar-refractivity contribution in [2.24, 2.45) is 0 Å². The Labute approximate surface area is 152 Å². The van der Waals surface area contributed by atoms with E-state index in [0.29, 0.717) is 11.3 Å². The summed E-state index contributed by atoms with van der Waals surface area (Å²) in [6.07, 6.45) is 4.31. The van der Waals surface area contributed by atoms with Crippen molar-refractivity contribution in [1.29, 1.82) is 0 Å². The van der Waals surface area contributed by atoms with Gasteiger partial charge in [-0.3, -0.25) is 9.52 Å². The molecule has 0 unspecified atom stereocenters. The molecule has 1 heterocycles. The average Bonchev–Trinajstić information content (AvgIpc) is 2.91. The Morgan fingerprint density at radius 1 is 0.962 bits per heavy atom. The van der Waals surface area contributed by atoms with Crippen molar-refractivity contribution in [2.75, 3.05) is 17.8 Å². The second kappa shape index (κ2) is 7.86. The van der Waals surface area contributed by atoms with Crippen LogP contribution in [0.25, 0.3) is 0 Å². The van der Waals surface area contributed by atoms with Crippen LogP contribution in [0.4, 0.5) is 10.1 Å². The number of halogens is 1. The van der Waals surface area contributed by atoms with Crippen molar-refractivity contribution in [3.05, 3.63) is 59.9 Å². The summed E-state index contributed by atoms with van der Waals surface area (Å²) in [4.78, 5) is 14.2. The maximum absolute atomic E-state index is 13.2. The van der Waals surface area contributed by atoms with E-state index in [-0.39, 0.29) is 10.8 Å². The zero-order valence-electron chi connectivity index (χ0n) is 14.3. The number of anilines is 1. The molecule has 1 saturated heterocycles. The lowest BCUT2D eigenvalue weighted by molar-refractivity contribution is 0.0761. The first kappa shape index (κ1) is 18.4. The topological polar surface area (TPSA) is 66.5 Å². The molecule has 1 fully saturated rings. The number of nitrogens with zero attached hydrogens (tertiary/aromatic N) is 1. The Morgan fingerprint density at radius 2 is 1.62 bits per heavy atom. The van der Waals surface area contributed by atoms with E-state index < -0.39 is 15.8 Å². The van der Waals surface area contributed by atoms with Gasteiger partial charge in [-0.1, -0.05) is 18.9 Å². The van der Waals surface area contributed by atoms with Crippen LogP contribution in [0.3, 0.4) is 0 Å². The zero-order chi connectivity index (χ0) is 18.6. The van der Waals surface area contributed by atoms with Gasteiger partial charge < -0.3 is 4.90 Å². The monoisotopic (exact) mass is 376 g/mol. The summed E-state index contributed by atoms with van der Waals surface area (Å²) in [5.41, 5.74) is 0.849. The van der Waals surface area contributed by atoms with Crippen LogP contribution in [0.5, 0.6) is 0 Å². The van der Waals surface area contributed by atoms with Crippen LogP contribution in [0.1, 0.15) is 36.0 Å². The highest BCUT2D eigenvalue weighted by atomic mass is 32.2. The minimum atomic E-state index is -3.88. The van der Waals surface area contributed by atoms with Crippen LogP contribution in [0, 0.1) is 5.82 Å². The third-order valence-corrected chi connectivity index (χ3v) is 5.76. The van der Waals surface area contributed by atoms with E-state index in [1.54, 1.807) is 24.3 Å². The summed E-state index contributed by atoms with van der Waals surface area (Å²) >= 11 is 0.